The zero-order valence-corrected chi connectivity index (χ0v) is 25.9. The number of carboxylic acids is 1. The molecule has 0 aliphatic rings. The largest absolute Gasteiger partial charge is 0.548 e. The van der Waals surface area contributed by atoms with Gasteiger partial charge in [-0.1, -0.05) is 0 Å². The van der Waals surface area contributed by atoms with Crippen LogP contribution >= 0.6 is 25.3 Å². The molecule has 2 nitrogen and oxygen atoms in total. The van der Waals surface area contributed by atoms with Gasteiger partial charge in [-0.25, -0.2) is 0 Å². The van der Waals surface area contributed by atoms with Gasteiger partial charge in [0.2, 0.25) is 0 Å². The number of thiol groups is 2. The van der Waals surface area contributed by atoms with Crippen molar-refractivity contribution in [2.24, 2.45) is 5.92 Å². The molecular weight excluding hydrogens is 527 g/mol. The zero-order chi connectivity index (χ0) is 23.7. The van der Waals surface area contributed by atoms with E-state index < -0.39 is 30.3 Å². The van der Waals surface area contributed by atoms with Crippen molar-refractivity contribution in [1.82, 2.24) is 0 Å². The van der Waals surface area contributed by atoms with Crippen LogP contribution in [0, 0.1) is 5.92 Å². The summed E-state index contributed by atoms with van der Waals surface area (Å²) in [5.41, 5.74) is 0. The molecule has 0 heterocycles. The molecular formula is C26H54O2S2Sn. The molecule has 0 rings (SSSR count). The number of carbonyl (C=O) groups is 1. The third kappa shape index (κ3) is 31.0. The second-order valence-electron chi connectivity index (χ2n) is 9.47. The summed E-state index contributed by atoms with van der Waals surface area (Å²) >= 11 is 5.77. The van der Waals surface area contributed by atoms with E-state index in [0.29, 0.717) is 0 Å². The Morgan fingerprint density at radius 2 is 1.00 bits per heavy atom. The molecule has 5 heteroatoms. The molecule has 0 unspecified atom stereocenters. The van der Waals surface area contributed by atoms with Gasteiger partial charge in [0.1, 0.15) is 0 Å². The Kier molecular flexibility index (Phi) is 30.0. The second-order valence-corrected chi connectivity index (χ2v) is 19.5. The predicted octanol–water partition coefficient (Wildman–Crippen LogP) is 8.34. The maximum Gasteiger partial charge on any atom is 0.0836 e. The van der Waals surface area contributed by atoms with Gasteiger partial charge in [-0.2, -0.15) is 25.3 Å². The molecule has 0 fully saturated rings. The van der Waals surface area contributed by atoms with Crippen molar-refractivity contribution < 1.29 is 9.90 Å². The maximum atomic E-state index is 9.44. The van der Waals surface area contributed by atoms with Crippen LogP contribution in [0.2, 0.25) is 13.3 Å². The standard InChI is InChI=1S/3C8H17.C2H4O2S2.Sn/c1-4-5-6-7-8(2)3;2*1-3-5-7-8-6-4-2;3-1(4)2(5)6;/h8H,1,4-7H2,2-3H3;2*1,3-8H2,2H3;2,5-6H,(H,3,4);/q;;;;+1/p-1. The van der Waals surface area contributed by atoms with E-state index in [1.807, 2.05) is 0 Å². The molecule has 0 radical (unpaired) electrons. The van der Waals surface area contributed by atoms with E-state index in [9.17, 15) is 9.90 Å². The second kappa shape index (κ2) is 27.2. The molecule has 0 spiro atoms. The van der Waals surface area contributed by atoms with E-state index in [0.717, 1.165) is 5.92 Å². The maximum absolute atomic E-state index is 9.44. The Labute approximate surface area is 214 Å². The summed E-state index contributed by atoms with van der Waals surface area (Å²) in [7, 11) is 0. The van der Waals surface area contributed by atoms with Crippen LogP contribution in [0.15, 0.2) is 0 Å². The van der Waals surface area contributed by atoms with Crippen LogP contribution in [0.25, 0.3) is 0 Å². The minimum Gasteiger partial charge on any atom is -0.548 e. The number of unbranched alkanes of at least 4 members (excludes halogenated alkanes) is 12. The number of hydrogen-bond donors (Lipinski definition) is 2. The van der Waals surface area contributed by atoms with Crippen molar-refractivity contribution in [1.29, 1.82) is 0 Å². The topological polar surface area (TPSA) is 40.1 Å². The molecule has 186 valence electrons. The van der Waals surface area contributed by atoms with Crippen molar-refractivity contribution in [3.63, 3.8) is 0 Å². The van der Waals surface area contributed by atoms with E-state index in [1.54, 1.807) is 32.6 Å². The first-order valence-electron chi connectivity index (χ1n) is 13.3. The number of hydrogen-bond acceptors (Lipinski definition) is 4. The van der Waals surface area contributed by atoms with Gasteiger partial charge in [-0.05, 0) is 0 Å². The zero-order valence-electron chi connectivity index (χ0n) is 21.3. The summed E-state index contributed by atoms with van der Waals surface area (Å²) in [6.07, 6.45) is 24.0. The van der Waals surface area contributed by atoms with Gasteiger partial charge in [-0.3, -0.25) is 0 Å². The Hall–Kier alpha value is 0.969. The van der Waals surface area contributed by atoms with E-state index in [1.165, 1.54) is 83.5 Å². The van der Waals surface area contributed by atoms with Gasteiger partial charge in [0.05, 0.1) is 10.6 Å². The van der Waals surface area contributed by atoms with Crippen LogP contribution in [0.1, 0.15) is 130 Å². The van der Waals surface area contributed by atoms with Crippen LogP contribution < -0.4 is 5.11 Å². The number of carbonyl (C=O) groups excluding carboxylic acids is 1. The van der Waals surface area contributed by atoms with Crippen molar-refractivity contribution in [3.8, 4) is 0 Å². The van der Waals surface area contributed by atoms with Crippen molar-refractivity contribution >= 4 is 51.0 Å². The Balaban J connectivity index is 0. The first kappa shape index (κ1) is 34.1. The van der Waals surface area contributed by atoms with Crippen LogP contribution in [-0.4, -0.2) is 30.3 Å². The quantitative estimate of drug-likeness (QED) is 0.0619. The van der Waals surface area contributed by atoms with E-state index >= 15 is 0 Å². The molecule has 0 saturated carbocycles. The molecule has 31 heavy (non-hydrogen) atoms. The van der Waals surface area contributed by atoms with Gasteiger partial charge >= 0.3 is 169 Å². The van der Waals surface area contributed by atoms with Crippen LogP contribution in [0.5, 0.6) is 0 Å². The average Bonchev–Trinajstić information content (AvgIpc) is 2.72. The Morgan fingerprint density at radius 1 is 0.677 bits per heavy atom. The molecule has 0 aliphatic carbocycles. The average molecular weight is 582 g/mol. The minimum absolute atomic E-state index is 0.907. The Bertz CT molecular complexity index is 349. The van der Waals surface area contributed by atoms with Gasteiger partial charge in [0.15, 0.2) is 0 Å². The Morgan fingerprint density at radius 3 is 1.32 bits per heavy atom. The summed E-state index contributed by atoms with van der Waals surface area (Å²) in [4.78, 5) is 9.44. The van der Waals surface area contributed by atoms with Gasteiger partial charge in [0.25, 0.3) is 0 Å². The van der Waals surface area contributed by atoms with E-state index in [-0.39, 0.29) is 0 Å². The third-order valence-corrected chi connectivity index (χ3v) is 15.3. The van der Waals surface area contributed by atoms with E-state index in [2.05, 4.69) is 53.0 Å². The molecule has 0 bridgehead atoms. The number of aliphatic carboxylic acids is 1. The molecule has 0 atom stereocenters. The first-order valence-corrected chi connectivity index (χ1v) is 20.3. The predicted molar refractivity (Wildman–Crippen MR) is 147 cm³/mol. The fraction of sp³-hybridized carbons (Fsp3) is 0.962. The van der Waals surface area contributed by atoms with Crippen LogP contribution in [-0.2, 0) is 4.79 Å². The van der Waals surface area contributed by atoms with Gasteiger partial charge in [-0.15, -0.1) is 0 Å². The molecule has 0 saturated heterocycles. The molecule has 0 aromatic heterocycles. The summed E-state index contributed by atoms with van der Waals surface area (Å²) in [5.74, 6) is -0.356. The fourth-order valence-corrected chi connectivity index (χ4v) is 12.4. The van der Waals surface area contributed by atoms with Crippen LogP contribution in [0.4, 0.5) is 0 Å². The smallest absolute Gasteiger partial charge is 0.0836 e. The summed E-state index contributed by atoms with van der Waals surface area (Å²) in [6.45, 7) is 9.40. The normalized spacial score (nSPS) is 11.0. The van der Waals surface area contributed by atoms with Crippen molar-refractivity contribution in [2.75, 3.05) is 0 Å². The summed E-state index contributed by atoms with van der Waals surface area (Å²) < 4.78 is 4.19. The summed E-state index contributed by atoms with van der Waals surface area (Å²) in [6, 6.07) is 0. The van der Waals surface area contributed by atoms with Crippen molar-refractivity contribution in [3.05, 3.63) is 0 Å². The molecule has 0 N–H and O–H groups in total. The SMILES string of the molecule is CCCCCCC[CH2][Sn+]([CH2]CCCCCCC)[CH2]CCCCC(C)C.O=C([O-])C(S)S. The third-order valence-electron chi connectivity index (χ3n) is 5.79. The van der Waals surface area contributed by atoms with Gasteiger partial charge in [0, 0.05) is 0 Å². The minimum atomic E-state index is -1.26. The molecule has 0 aliphatic heterocycles. The van der Waals surface area contributed by atoms with Crippen LogP contribution in [0.3, 0.4) is 0 Å². The number of carboxylic acid groups (broad SMARTS) is 1. The summed E-state index contributed by atoms with van der Waals surface area (Å²) in [5, 5.41) is 9.44. The monoisotopic (exact) mass is 582 g/mol. The van der Waals surface area contributed by atoms with E-state index in [4.69, 9.17) is 0 Å². The van der Waals surface area contributed by atoms with Crippen molar-refractivity contribution in [2.45, 2.75) is 148 Å². The molecule has 0 amide bonds. The molecule has 0 aromatic rings. The first-order chi connectivity index (χ1) is 14.8. The number of rotatable bonds is 21. The molecule has 0 aromatic carbocycles. The van der Waals surface area contributed by atoms with Gasteiger partial charge < -0.3 is 9.90 Å². The fourth-order valence-electron chi connectivity index (χ4n) is 3.79.